The molecular weight excluding hydrogens is 196 g/mol. The molecule has 1 amide bonds. The Morgan fingerprint density at radius 2 is 2.47 bits per heavy atom. The average Bonchev–Trinajstić information content (AvgIpc) is 2.27. The Kier molecular flexibility index (Phi) is 4.24. The quantitative estimate of drug-likeness (QED) is 0.355. The molecule has 0 saturated carbocycles. The number of amides is 1. The lowest BCUT2D eigenvalue weighted by molar-refractivity contribution is 0.0954. The Labute approximate surface area is 86.8 Å². The molecule has 0 aliphatic rings. The number of nitrogens with one attached hydrogen (secondary N) is 1. The number of nitrogens with two attached hydrogens (primary N) is 1. The standard InChI is InChI=1S/C9H12N4O2/c10-3-4-11-9(14)7-1-2-8(6-13-15)12-5-7/h1-2,5-6,15H,3-4,10H2,(H,11,14). The highest BCUT2D eigenvalue weighted by molar-refractivity contribution is 5.94. The minimum absolute atomic E-state index is 0.222. The summed E-state index contributed by atoms with van der Waals surface area (Å²) in [5.74, 6) is -0.222. The van der Waals surface area contributed by atoms with Crippen LogP contribution in [0.25, 0.3) is 0 Å². The summed E-state index contributed by atoms with van der Waals surface area (Å²) < 4.78 is 0. The summed E-state index contributed by atoms with van der Waals surface area (Å²) in [5.41, 5.74) is 6.17. The number of oxime groups is 1. The Hall–Kier alpha value is -1.95. The maximum Gasteiger partial charge on any atom is 0.252 e. The molecule has 1 aromatic heterocycles. The fraction of sp³-hybridized carbons (Fsp3) is 0.222. The molecule has 15 heavy (non-hydrogen) atoms. The lowest BCUT2D eigenvalue weighted by atomic mass is 10.2. The van der Waals surface area contributed by atoms with E-state index in [1.165, 1.54) is 12.4 Å². The zero-order valence-electron chi connectivity index (χ0n) is 8.05. The first-order valence-electron chi connectivity index (χ1n) is 4.39. The largest absolute Gasteiger partial charge is 0.411 e. The second kappa shape index (κ2) is 5.71. The van der Waals surface area contributed by atoms with Crippen LogP contribution in [0.15, 0.2) is 23.5 Å². The first-order valence-corrected chi connectivity index (χ1v) is 4.39. The van der Waals surface area contributed by atoms with Gasteiger partial charge in [0.05, 0.1) is 17.5 Å². The molecule has 6 heteroatoms. The molecular formula is C9H12N4O2. The molecule has 1 aromatic rings. The molecule has 6 nitrogen and oxygen atoms in total. The third kappa shape index (κ3) is 3.35. The minimum Gasteiger partial charge on any atom is -0.411 e. The van der Waals surface area contributed by atoms with Crippen molar-refractivity contribution in [3.8, 4) is 0 Å². The lowest BCUT2D eigenvalue weighted by Crippen LogP contribution is -2.29. The smallest absolute Gasteiger partial charge is 0.252 e. The summed E-state index contributed by atoms with van der Waals surface area (Å²) in [4.78, 5) is 15.3. The van der Waals surface area contributed by atoms with E-state index >= 15 is 0 Å². The van der Waals surface area contributed by atoms with E-state index < -0.39 is 0 Å². The average molecular weight is 208 g/mol. The van der Waals surface area contributed by atoms with Crippen LogP contribution < -0.4 is 11.1 Å². The number of hydrogen-bond donors (Lipinski definition) is 3. The molecule has 0 spiro atoms. The summed E-state index contributed by atoms with van der Waals surface area (Å²) in [7, 11) is 0. The Balaban J connectivity index is 2.66. The SMILES string of the molecule is NCCNC(=O)c1ccc(C=NO)nc1. The van der Waals surface area contributed by atoms with Gasteiger partial charge in [0, 0.05) is 19.3 Å². The highest BCUT2D eigenvalue weighted by Crippen LogP contribution is 1.98. The maximum atomic E-state index is 11.4. The molecule has 0 atom stereocenters. The van der Waals surface area contributed by atoms with Crippen LogP contribution in [-0.2, 0) is 0 Å². The summed E-state index contributed by atoms with van der Waals surface area (Å²) in [6.45, 7) is 0.826. The third-order valence-corrected chi connectivity index (χ3v) is 1.67. The van der Waals surface area contributed by atoms with E-state index in [2.05, 4.69) is 15.5 Å². The van der Waals surface area contributed by atoms with E-state index in [-0.39, 0.29) is 5.91 Å². The van der Waals surface area contributed by atoms with Crippen LogP contribution in [0.5, 0.6) is 0 Å². The van der Waals surface area contributed by atoms with Gasteiger partial charge in [-0.3, -0.25) is 9.78 Å². The van der Waals surface area contributed by atoms with Gasteiger partial charge in [0.1, 0.15) is 0 Å². The van der Waals surface area contributed by atoms with Crippen molar-refractivity contribution >= 4 is 12.1 Å². The minimum atomic E-state index is -0.222. The van der Waals surface area contributed by atoms with E-state index in [4.69, 9.17) is 10.9 Å². The first-order chi connectivity index (χ1) is 7.27. The summed E-state index contributed by atoms with van der Waals surface area (Å²) in [6, 6.07) is 3.17. The topological polar surface area (TPSA) is 101 Å². The van der Waals surface area contributed by atoms with Crippen molar-refractivity contribution in [1.82, 2.24) is 10.3 Å². The molecule has 0 bridgehead atoms. The van der Waals surface area contributed by atoms with Crippen molar-refractivity contribution in [3.05, 3.63) is 29.6 Å². The highest BCUT2D eigenvalue weighted by atomic mass is 16.4. The first kappa shape index (κ1) is 11.1. The van der Waals surface area contributed by atoms with Gasteiger partial charge < -0.3 is 16.3 Å². The number of rotatable bonds is 4. The fourth-order valence-corrected chi connectivity index (χ4v) is 0.963. The van der Waals surface area contributed by atoms with Crippen molar-refractivity contribution in [1.29, 1.82) is 0 Å². The molecule has 0 aliphatic carbocycles. The molecule has 1 rings (SSSR count). The highest BCUT2D eigenvalue weighted by Gasteiger charge is 2.03. The number of pyridine rings is 1. The van der Waals surface area contributed by atoms with Crippen molar-refractivity contribution in [3.63, 3.8) is 0 Å². The van der Waals surface area contributed by atoms with Crippen molar-refractivity contribution in [2.24, 2.45) is 10.9 Å². The van der Waals surface area contributed by atoms with Gasteiger partial charge in [-0.25, -0.2) is 0 Å². The predicted octanol–water partition coefficient (Wildman–Crippen LogP) is -0.422. The summed E-state index contributed by atoms with van der Waals surface area (Å²) >= 11 is 0. The molecule has 1 heterocycles. The van der Waals surface area contributed by atoms with E-state index in [9.17, 15) is 4.79 Å². The van der Waals surface area contributed by atoms with Crippen molar-refractivity contribution < 1.29 is 10.0 Å². The molecule has 0 saturated heterocycles. The number of aromatic nitrogens is 1. The van der Waals surface area contributed by atoms with Crippen molar-refractivity contribution in [2.75, 3.05) is 13.1 Å². The van der Waals surface area contributed by atoms with Gasteiger partial charge in [0.25, 0.3) is 5.91 Å². The Bertz CT molecular complexity index is 348. The third-order valence-electron chi connectivity index (χ3n) is 1.67. The van der Waals surface area contributed by atoms with Gasteiger partial charge in [-0.15, -0.1) is 0 Å². The van der Waals surface area contributed by atoms with Crippen LogP contribution in [0, 0.1) is 0 Å². The molecule has 0 unspecified atom stereocenters. The van der Waals surface area contributed by atoms with Gasteiger partial charge in [-0.05, 0) is 12.1 Å². The number of hydrogen-bond acceptors (Lipinski definition) is 5. The van der Waals surface area contributed by atoms with Crippen LogP contribution in [0.4, 0.5) is 0 Å². The van der Waals surface area contributed by atoms with Gasteiger partial charge in [0.15, 0.2) is 0 Å². The predicted molar refractivity (Wildman–Crippen MR) is 55.0 cm³/mol. The second-order valence-corrected chi connectivity index (χ2v) is 2.76. The van der Waals surface area contributed by atoms with E-state index in [0.29, 0.717) is 24.3 Å². The zero-order valence-corrected chi connectivity index (χ0v) is 8.05. The number of nitrogens with zero attached hydrogens (tertiary/aromatic N) is 2. The van der Waals surface area contributed by atoms with E-state index in [0.717, 1.165) is 0 Å². The van der Waals surface area contributed by atoms with Crippen molar-refractivity contribution in [2.45, 2.75) is 0 Å². The summed E-state index contributed by atoms with van der Waals surface area (Å²) in [6.07, 6.45) is 2.59. The van der Waals surface area contributed by atoms with Gasteiger partial charge in [-0.1, -0.05) is 5.16 Å². The van der Waals surface area contributed by atoms with Crippen LogP contribution in [-0.4, -0.2) is 35.4 Å². The Morgan fingerprint density at radius 3 is 3.00 bits per heavy atom. The van der Waals surface area contributed by atoms with Gasteiger partial charge in [-0.2, -0.15) is 0 Å². The van der Waals surface area contributed by atoms with Gasteiger partial charge >= 0.3 is 0 Å². The normalized spacial score (nSPS) is 10.5. The number of carbonyl (C=O) groups excluding carboxylic acids is 1. The van der Waals surface area contributed by atoms with Gasteiger partial charge in [0.2, 0.25) is 0 Å². The maximum absolute atomic E-state index is 11.4. The lowest BCUT2D eigenvalue weighted by Gasteiger charge is -2.02. The Morgan fingerprint density at radius 1 is 1.67 bits per heavy atom. The molecule has 0 aromatic carbocycles. The van der Waals surface area contributed by atoms with E-state index in [1.807, 2.05) is 0 Å². The number of carbonyl (C=O) groups is 1. The fourth-order valence-electron chi connectivity index (χ4n) is 0.963. The zero-order chi connectivity index (χ0) is 11.1. The molecule has 0 fully saturated rings. The second-order valence-electron chi connectivity index (χ2n) is 2.76. The summed E-state index contributed by atoms with van der Waals surface area (Å²) in [5, 5.41) is 13.7. The van der Waals surface area contributed by atoms with Crippen LogP contribution in [0.1, 0.15) is 16.1 Å². The molecule has 0 aliphatic heterocycles. The van der Waals surface area contributed by atoms with Crippen LogP contribution >= 0.6 is 0 Å². The molecule has 80 valence electrons. The molecule has 4 N–H and O–H groups in total. The molecule has 0 radical (unpaired) electrons. The monoisotopic (exact) mass is 208 g/mol. The van der Waals surface area contributed by atoms with E-state index in [1.54, 1.807) is 12.1 Å². The van der Waals surface area contributed by atoms with Crippen LogP contribution in [0.3, 0.4) is 0 Å². The van der Waals surface area contributed by atoms with Crippen LogP contribution in [0.2, 0.25) is 0 Å².